The van der Waals surface area contributed by atoms with Crippen molar-refractivity contribution in [2.45, 2.75) is 20.0 Å². The number of nitrogens with zero attached hydrogens (tertiary/aromatic N) is 3. The molecule has 0 saturated carbocycles. The average Bonchev–Trinajstić information content (AvgIpc) is 2.79. The van der Waals surface area contributed by atoms with Crippen LogP contribution in [0, 0.1) is 13.8 Å². The third-order valence-corrected chi connectivity index (χ3v) is 2.78. The Morgan fingerprint density at radius 2 is 1.82 bits per heavy atom. The van der Waals surface area contributed by atoms with Crippen LogP contribution in [0.4, 0.5) is 18.3 Å². The van der Waals surface area contributed by atoms with Crippen LogP contribution in [0.15, 0.2) is 12.1 Å². The summed E-state index contributed by atoms with van der Waals surface area (Å²) in [5.74, 6) is -1.12. The molecule has 0 saturated heterocycles. The summed E-state index contributed by atoms with van der Waals surface area (Å²) in [4.78, 5) is 3.39. The predicted octanol–water partition coefficient (Wildman–Crippen LogP) is 2.85. The first-order valence-electron chi connectivity index (χ1n) is 4.71. The van der Waals surface area contributed by atoms with E-state index in [1.54, 1.807) is 4.68 Å². The molecule has 0 aliphatic rings. The molecule has 0 spiro atoms. The number of hydrogen-bond donors (Lipinski definition) is 1. The van der Waals surface area contributed by atoms with Crippen LogP contribution in [0.3, 0.4) is 0 Å². The van der Waals surface area contributed by atoms with Crippen LogP contribution in [0.2, 0.25) is 0 Å². The molecule has 2 rings (SSSR count). The van der Waals surface area contributed by atoms with Crippen molar-refractivity contribution in [1.29, 1.82) is 0 Å². The van der Waals surface area contributed by atoms with Crippen molar-refractivity contribution in [3.63, 3.8) is 0 Å². The van der Waals surface area contributed by atoms with Gasteiger partial charge in [-0.1, -0.05) is 0 Å². The molecule has 2 aromatic rings. The molecule has 17 heavy (non-hydrogen) atoms. The fraction of sp³-hybridized carbons (Fsp3) is 0.333. The predicted molar refractivity (Wildman–Crippen MR) is 57.8 cm³/mol. The van der Waals surface area contributed by atoms with Crippen LogP contribution in [-0.4, -0.2) is 14.0 Å². The van der Waals surface area contributed by atoms with E-state index < -0.39 is 12.0 Å². The Hall–Kier alpha value is -1.57. The van der Waals surface area contributed by atoms with E-state index in [1.807, 2.05) is 26.0 Å². The van der Waals surface area contributed by atoms with Crippen molar-refractivity contribution in [1.82, 2.24) is 14.0 Å². The Labute approximate surface area is 99.2 Å². The van der Waals surface area contributed by atoms with E-state index >= 15 is 0 Å². The molecule has 0 bridgehead atoms. The van der Waals surface area contributed by atoms with Crippen LogP contribution in [0.25, 0.3) is 0 Å². The third kappa shape index (κ3) is 2.41. The number of alkyl halides is 3. The molecule has 1 N–H and O–H groups in total. The number of halogens is 3. The van der Waals surface area contributed by atoms with Crippen molar-refractivity contribution in [2.24, 2.45) is 0 Å². The normalized spacial score (nSPS) is 11.8. The fourth-order valence-corrected chi connectivity index (χ4v) is 1.90. The zero-order valence-electron chi connectivity index (χ0n) is 9.04. The van der Waals surface area contributed by atoms with Crippen molar-refractivity contribution < 1.29 is 13.2 Å². The van der Waals surface area contributed by atoms with E-state index in [1.165, 1.54) is 0 Å². The van der Waals surface area contributed by atoms with Gasteiger partial charge in [0.05, 0.1) is 0 Å². The van der Waals surface area contributed by atoms with Crippen molar-refractivity contribution in [2.75, 3.05) is 5.43 Å². The van der Waals surface area contributed by atoms with Gasteiger partial charge in [-0.3, -0.25) is 10.1 Å². The molecule has 0 fully saturated rings. The van der Waals surface area contributed by atoms with Gasteiger partial charge in [0.25, 0.3) is 0 Å². The minimum atomic E-state index is -4.50. The molecule has 0 amide bonds. The lowest BCUT2D eigenvalue weighted by Gasteiger charge is -2.08. The summed E-state index contributed by atoms with van der Waals surface area (Å²) in [5, 5.41) is 0.111. The largest absolute Gasteiger partial charge is 0.452 e. The Balaban J connectivity index is 2.23. The lowest BCUT2D eigenvalue weighted by molar-refractivity contribution is -0.144. The van der Waals surface area contributed by atoms with Crippen LogP contribution in [0.1, 0.15) is 17.2 Å². The van der Waals surface area contributed by atoms with Crippen LogP contribution >= 0.6 is 11.5 Å². The van der Waals surface area contributed by atoms with E-state index in [4.69, 9.17) is 0 Å². The number of aryl methyl sites for hydroxylation is 2. The number of anilines is 1. The van der Waals surface area contributed by atoms with Gasteiger partial charge in [-0.05, 0) is 26.0 Å². The monoisotopic (exact) mass is 262 g/mol. The quantitative estimate of drug-likeness (QED) is 0.905. The molecule has 0 aliphatic heterocycles. The molecule has 0 aromatic carbocycles. The molecule has 0 radical (unpaired) electrons. The summed E-state index contributed by atoms with van der Waals surface area (Å²) >= 11 is 0.679. The fourth-order valence-electron chi connectivity index (χ4n) is 1.32. The second kappa shape index (κ2) is 4.02. The second-order valence-corrected chi connectivity index (χ2v) is 4.24. The number of aromatic nitrogens is 3. The molecular formula is C9H9F3N4S. The van der Waals surface area contributed by atoms with Gasteiger partial charge < -0.3 is 0 Å². The average molecular weight is 262 g/mol. The van der Waals surface area contributed by atoms with Gasteiger partial charge in [0.15, 0.2) is 0 Å². The van der Waals surface area contributed by atoms with E-state index in [2.05, 4.69) is 14.8 Å². The van der Waals surface area contributed by atoms with E-state index in [0.29, 0.717) is 11.5 Å². The van der Waals surface area contributed by atoms with Gasteiger partial charge in [0.1, 0.15) is 0 Å². The number of rotatable bonds is 2. The first-order chi connectivity index (χ1) is 7.88. The van der Waals surface area contributed by atoms with Gasteiger partial charge in [-0.15, -0.1) is 0 Å². The van der Waals surface area contributed by atoms with E-state index in [-0.39, 0.29) is 5.13 Å². The van der Waals surface area contributed by atoms with E-state index in [0.717, 1.165) is 11.4 Å². The Kier molecular flexibility index (Phi) is 2.82. The SMILES string of the molecule is Cc1ccc(C)n1Nc1nc(C(F)(F)F)ns1. The lowest BCUT2D eigenvalue weighted by atomic mass is 10.5. The van der Waals surface area contributed by atoms with Crippen molar-refractivity contribution in [3.05, 3.63) is 29.3 Å². The van der Waals surface area contributed by atoms with Crippen molar-refractivity contribution in [3.8, 4) is 0 Å². The molecule has 4 nitrogen and oxygen atoms in total. The molecular weight excluding hydrogens is 253 g/mol. The van der Waals surface area contributed by atoms with Gasteiger partial charge in [-0.2, -0.15) is 22.5 Å². The summed E-state index contributed by atoms with van der Waals surface area (Å²) < 4.78 is 41.8. The second-order valence-electron chi connectivity index (χ2n) is 3.48. The lowest BCUT2D eigenvalue weighted by Crippen LogP contribution is -2.13. The van der Waals surface area contributed by atoms with Gasteiger partial charge in [-0.25, -0.2) is 0 Å². The molecule has 2 heterocycles. The summed E-state index contributed by atoms with van der Waals surface area (Å²) in [5.41, 5.74) is 4.54. The summed E-state index contributed by atoms with van der Waals surface area (Å²) in [6.45, 7) is 3.68. The van der Waals surface area contributed by atoms with Gasteiger partial charge >= 0.3 is 6.18 Å². The molecule has 8 heteroatoms. The third-order valence-electron chi connectivity index (χ3n) is 2.16. The van der Waals surface area contributed by atoms with Crippen LogP contribution in [0.5, 0.6) is 0 Å². The summed E-state index contributed by atoms with van der Waals surface area (Å²) in [6, 6.07) is 3.71. The zero-order chi connectivity index (χ0) is 12.6. The standard InChI is InChI=1S/C9H9F3N4S/c1-5-3-4-6(2)16(5)14-8-13-7(15-17-8)9(10,11)12/h3-4H,1-2H3,(H,13,14,15). The highest BCUT2D eigenvalue weighted by molar-refractivity contribution is 7.09. The summed E-state index contributed by atoms with van der Waals surface area (Å²) in [7, 11) is 0. The molecule has 0 aliphatic carbocycles. The maximum Gasteiger partial charge on any atom is 0.452 e. The van der Waals surface area contributed by atoms with Crippen LogP contribution in [-0.2, 0) is 6.18 Å². The van der Waals surface area contributed by atoms with E-state index in [9.17, 15) is 13.2 Å². The highest BCUT2D eigenvalue weighted by atomic mass is 32.1. The smallest absolute Gasteiger partial charge is 0.268 e. The maximum atomic E-state index is 12.3. The molecule has 2 aromatic heterocycles. The zero-order valence-corrected chi connectivity index (χ0v) is 9.85. The Bertz CT molecular complexity index is 509. The molecule has 0 unspecified atom stereocenters. The highest BCUT2D eigenvalue weighted by Crippen LogP contribution is 2.29. The highest BCUT2D eigenvalue weighted by Gasteiger charge is 2.36. The van der Waals surface area contributed by atoms with Gasteiger partial charge in [0, 0.05) is 22.9 Å². The van der Waals surface area contributed by atoms with Crippen LogP contribution < -0.4 is 5.43 Å². The van der Waals surface area contributed by atoms with Gasteiger partial charge in [0.2, 0.25) is 11.0 Å². The minimum absolute atomic E-state index is 0.111. The number of nitrogens with one attached hydrogen (secondary N) is 1. The maximum absolute atomic E-state index is 12.3. The summed E-state index contributed by atoms with van der Waals surface area (Å²) in [6.07, 6.45) is -4.50. The minimum Gasteiger partial charge on any atom is -0.268 e. The Morgan fingerprint density at radius 3 is 2.29 bits per heavy atom. The topological polar surface area (TPSA) is 42.7 Å². The van der Waals surface area contributed by atoms with Crippen molar-refractivity contribution >= 4 is 16.7 Å². The first-order valence-corrected chi connectivity index (χ1v) is 5.48. The first kappa shape index (κ1) is 11.9. The molecule has 0 atom stereocenters. The Morgan fingerprint density at radius 1 is 1.24 bits per heavy atom. The molecule has 92 valence electrons. The number of hydrogen-bond acceptors (Lipinski definition) is 4.